The number of carboxylic acid groups (broad SMARTS) is 1. The first kappa shape index (κ1) is 15.2. The van der Waals surface area contributed by atoms with Crippen LogP contribution in [0.3, 0.4) is 0 Å². The molecule has 3 rings (SSSR count). The van der Waals surface area contributed by atoms with Crippen LogP contribution in [-0.2, 0) is 9.53 Å². The van der Waals surface area contributed by atoms with E-state index in [9.17, 15) is 9.90 Å². The Kier molecular flexibility index (Phi) is 4.04. The van der Waals surface area contributed by atoms with Crippen LogP contribution in [-0.4, -0.2) is 47.3 Å². The standard InChI is InChI=1S/C16H23N3O3/c1-11-17-13(12-3-8-22-10-12)9-14(18-11)19-6-4-16(2,5-7-19)15(20)21/h9,12H,3-8,10H2,1-2H3,(H,20,21)/t12-/m1/s1. The fraction of sp³-hybridized carbons (Fsp3) is 0.688. The van der Waals surface area contributed by atoms with E-state index < -0.39 is 11.4 Å². The van der Waals surface area contributed by atoms with Crippen molar-refractivity contribution < 1.29 is 14.6 Å². The lowest BCUT2D eigenvalue weighted by molar-refractivity contribution is -0.149. The van der Waals surface area contributed by atoms with Gasteiger partial charge in [-0.1, -0.05) is 0 Å². The van der Waals surface area contributed by atoms with Crippen molar-refractivity contribution in [3.63, 3.8) is 0 Å². The fourth-order valence-corrected chi connectivity index (χ4v) is 3.16. The molecule has 2 aliphatic heterocycles. The number of aliphatic carboxylic acids is 1. The Labute approximate surface area is 130 Å². The molecule has 0 radical (unpaired) electrons. The molecule has 0 aromatic carbocycles. The van der Waals surface area contributed by atoms with Gasteiger partial charge in [-0.25, -0.2) is 9.97 Å². The predicted molar refractivity (Wildman–Crippen MR) is 82.1 cm³/mol. The number of piperidine rings is 1. The summed E-state index contributed by atoms with van der Waals surface area (Å²) in [6, 6.07) is 2.05. The minimum atomic E-state index is -0.699. The average molecular weight is 305 g/mol. The van der Waals surface area contributed by atoms with Crippen LogP contribution >= 0.6 is 0 Å². The maximum absolute atomic E-state index is 11.3. The summed E-state index contributed by atoms with van der Waals surface area (Å²) >= 11 is 0. The third-order valence-corrected chi connectivity index (χ3v) is 4.90. The first-order valence-corrected chi connectivity index (χ1v) is 7.90. The lowest BCUT2D eigenvalue weighted by Crippen LogP contribution is -2.43. The molecule has 2 saturated heterocycles. The van der Waals surface area contributed by atoms with E-state index >= 15 is 0 Å². The summed E-state index contributed by atoms with van der Waals surface area (Å²) in [6.45, 7) is 6.71. The number of carboxylic acids is 1. The molecule has 0 saturated carbocycles. The van der Waals surface area contributed by atoms with Gasteiger partial charge < -0.3 is 14.7 Å². The Morgan fingerprint density at radius 2 is 2.14 bits per heavy atom. The van der Waals surface area contributed by atoms with E-state index in [1.54, 1.807) is 0 Å². The van der Waals surface area contributed by atoms with Gasteiger partial charge >= 0.3 is 5.97 Å². The summed E-state index contributed by atoms with van der Waals surface area (Å²) in [7, 11) is 0. The molecular formula is C16H23N3O3. The maximum atomic E-state index is 11.3. The number of ether oxygens (including phenoxy) is 1. The van der Waals surface area contributed by atoms with Gasteiger partial charge in [0, 0.05) is 31.7 Å². The van der Waals surface area contributed by atoms with E-state index in [1.165, 1.54) is 0 Å². The summed E-state index contributed by atoms with van der Waals surface area (Å²) in [4.78, 5) is 22.6. The van der Waals surface area contributed by atoms with Gasteiger partial charge in [-0.05, 0) is 33.1 Å². The zero-order valence-corrected chi connectivity index (χ0v) is 13.2. The predicted octanol–water partition coefficient (Wildman–Crippen LogP) is 1.98. The van der Waals surface area contributed by atoms with Crippen LogP contribution < -0.4 is 4.90 Å². The molecule has 0 spiro atoms. The van der Waals surface area contributed by atoms with E-state index in [2.05, 4.69) is 20.9 Å². The quantitative estimate of drug-likeness (QED) is 0.920. The van der Waals surface area contributed by atoms with Crippen molar-refractivity contribution >= 4 is 11.8 Å². The van der Waals surface area contributed by atoms with Crippen molar-refractivity contribution in [1.29, 1.82) is 0 Å². The minimum absolute atomic E-state index is 0.356. The van der Waals surface area contributed by atoms with E-state index in [-0.39, 0.29) is 0 Å². The number of hydrogen-bond acceptors (Lipinski definition) is 5. The van der Waals surface area contributed by atoms with Crippen LogP contribution in [0.1, 0.15) is 43.6 Å². The molecule has 0 unspecified atom stereocenters. The van der Waals surface area contributed by atoms with Crippen LogP contribution in [0.25, 0.3) is 0 Å². The smallest absolute Gasteiger partial charge is 0.309 e. The highest BCUT2D eigenvalue weighted by Crippen LogP contribution is 2.33. The second kappa shape index (κ2) is 5.83. The van der Waals surface area contributed by atoms with Crippen LogP contribution in [0, 0.1) is 12.3 Å². The minimum Gasteiger partial charge on any atom is -0.481 e. The first-order valence-electron chi connectivity index (χ1n) is 7.90. The Balaban J connectivity index is 1.76. The molecule has 1 atom stereocenters. The molecule has 3 heterocycles. The monoisotopic (exact) mass is 305 g/mol. The fourth-order valence-electron chi connectivity index (χ4n) is 3.16. The number of hydrogen-bond donors (Lipinski definition) is 1. The normalized spacial score (nSPS) is 24.5. The Morgan fingerprint density at radius 3 is 2.73 bits per heavy atom. The lowest BCUT2D eigenvalue weighted by atomic mass is 9.80. The molecule has 2 fully saturated rings. The van der Waals surface area contributed by atoms with Gasteiger partial charge in [0.1, 0.15) is 11.6 Å². The van der Waals surface area contributed by atoms with Gasteiger partial charge in [-0.3, -0.25) is 4.79 Å². The van der Waals surface area contributed by atoms with Gasteiger partial charge in [0.25, 0.3) is 0 Å². The number of aryl methyl sites for hydroxylation is 1. The highest BCUT2D eigenvalue weighted by molar-refractivity contribution is 5.74. The second-order valence-electron chi connectivity index (χ2n) is 6.61. The van der Waals surface area contributed by atoms with Crippen LogP contribution in [0.2, 0.25) is 0 Å². The van der Waals surface area contributed by atoms with E-state index in [0.717, 1.165) is 50.1 Å². The summed E-state index contributed by atoms with van der Waals surface area (Å²) in [5.41, 5.74) is 0.437. The van der Waals surface area contributed by atoms with Gasteiger partial charge in [0.05, 0.1) is 17.7 Å². The van der Waals surface area contributed by atoms with Gasteiger partial charge in [0.15, 0.2) is 0 Å². The van der Waals surface area contributed by atoms with Crippen molar-refractivity contribution in [2.45, 2.75) is 39.0 Å². The number of rotatable bonds is 3. The van der Waals surface area contributed by atoms with Crippen LogP contribution in [0.4, 0.5) is 5.82 Å². The topological polar surface area (TPSA) is 75.5 Å². The summed E-state index contributed by atoms with van der Waals surface area (Å²) in [5.74, 6) is 1.34. The molecule has 1 aromatic rings. The second-order valence-corrected chi connectivity index (χ2v) is 6.61. The third kappa shape index (κ3) is 2.92. The van der Waals surface area contributed by atoms with Gasteiger partial charge in [-0.15, -0.1) is 0 Å². The molecule has 0 aliphatic carbocycles. The van der Waals surface area contributed by atoms with E-state index in [1.807, 2.05) is 13.8 Å². The summed E-state index contributed by atoms with van der Waals surface area (Å²) in [5, 5.41) is 9.33. The number of aromatic nitrogens is 2. The van der Waals surface area contributed by atoms with Crippen molar-refractivity contribution in [1.82, 2.24) is 9.97 Å². The summed E-state index contributed by atoms with van der Waals surface area (Å²) < 4.78 is 5.45. The SMILES string of the molecule is Cc1nc([C@@H]2CCOC2)cc(N2CCC(C)(C(=O)O)CC2)n1. The molecule has 0 bridgehead atoms. The lowest BCUT2D eigenvalue weighted by Gasteiger charge is -2.37. The van der Waals surface area contributed by atoms with Crippen LogP contribution in [0.5, 0.6) is 0 Å². The van der Waals surface area contributed by atoms with E-state index in [4.69, 9.17) is 4.74 Å². The molecule has 22 heavy (non-hydrogen) atoms. The van der Waals surface area contributed by atoms with Crippen molar-refractivity contribution in [3.05, 3.63) is 17.6 Å². The molecule has 1 aromatic heterocycles. The molecule has 120 valence electrons. The largest absolute Gasteiger partial charge is 0.481 e. The zero-order valence-electron chi connectivity index (χ0n) is 13.2. The van der Waals surface area contributed by atoms with Crippen LogP contribution in [0.15, 0.2) is 6.07 Å². The Hall–Kier alpha value is -1.69. The average Bonchev–Trinajstić information content (AvgIpc) is 3.01. The third-order valence-electron chi connectivity index (χ3n) is 4.90. The number of nitrogens with zero attached hydrogens (tertiary/aromatic N) is 3. The molecule has 6 heteroatoms. The van der Waals surface area contributed by atoms with Gasteiger partial charge in [0.2, 0.25) is 0 Å². The molecular weight excluding hydrogens is 282 g/mol. The van der Waals surface area contributed by atoms with Crippen molar-refractivity contribution in [2.75, 3.05) is 31.2 Å². The maximum Gasteiger partial charge on any atom is 0.309 e. The zero-order chi connectivity index (χ0) is 15.7. The Morgan fingerprint density at radius 1 is 1.41 bits per heavy atom. The van der Waals surface area contributed by atoms with E-state index in [0.29, 0.717) is 18.8 Å². The van der Waals surface area contributed by atoms with Gasteiger partial charge in [-0.2, -0.15) is 0 Å². The Bertz CT molecular complexity index is 562. The molecule has 0 amide bonds. The molecule has 1 N–H and O–H groups in total. The van der Waals surface area contributed by atoms with Crippen molar-refractivity contribution in [2.24, 2.45) is 5.41 Å². The number of carbonyl (C=O) groups is 1. The molecule has 6 nitrogen and oxygen atoms in total. The first-order chi connectivity index (χ1) is 10.5. The highest BCUT2D eigenvalue weighted by Gasteiger charge is 2.37. The van der Waals surface area contributed by atoms with Crippen molar-refractivity contribution in [3.8, 4) is 0 Å². The number of anilines is 1. The molecule has 2 aliphatic rings. The summed E-state index contributed by atoms with van der Waals surface area (Å²) in [6.07, 6.45) is 2.30. The highest BCUT2D eigenvalue weighted by atomic mass is 16.5.